The van der Waals surface area contributed by atoms with Crippen LogP contribution in [0.3, 0.4) is 0 Å². The Kier molecular flexibility index (Phi) is 5.41. The molecule has 2 aromatic carbocycles. The molecule has 1 saturated heterocycles. The van der Waals surface area contributed by atoms with Gasteiger partial charge < -0.3 is 10.2 Å². The van der Waals surface area contributed by atoms with Crippen molar-refractivity contribution in [1.29, 1.82) is 0 Å². The van der Waals surface area contributed by atoms with Crippen molar-refractivity contribution in [3.63, 3.8) is 0 Å². The zero-order chi connectivity index (χ0) is 19.6. The predicted molar refractivity (Wildman–Crippen MR) is 95.2 cm³/mol. The highest BCUT2D eigenvalue weighted by Gasteiger charge is 2.35. The second kappa shape index (κ2) is 7.60. The van der Waals surface area contributed by atoms with Crippen molar-refractivity contribution in [3.05, 3.63) is 64.7 Å². The molecule has 2 amide bonds. The molecular weight excluding hydrogens is 381 g/mol. The van der Waals surface area contributed by atoms with Gasteiger partial charge in [0.25, 0.3) is 0 Å². The van der Waals surface area contributed by atoms with E-state index in [0.717, 1.165) is 12.1 Å². The van der Waals surface area contributed by atoms with Crippen LogP contribution in [-0.2, 0) is 22.3 Å². The Morgan fingerprint density at radius 2 is 1.81 bits per heavy atom. The van der Waals surface area contributed by atoms with Crippen LogP contribution in [0.2, 0.25) is 5.02 Å². The Morgan fingerprint density at radius 1 is 1.15 bits per heavy atom. The molecule has 2 aromatic rings. The van der Waals surface area contributed by atoms with Crippen molar-refractivity contribution in [2.24, 2.45) is 5.92 Å². The number of rotatable bonds is 4. The minimum Gasteiger partial charge on any atom is -0.352 e. The van der Waals surface area contributed by atoms with E-state index in [1.165, 1.54) is 17.0 Å². The highest BCUT2D eigenvalue weighted by Crippen LogP contribution is 2.31. The van der Waals surface area contributed by atoms with Gasteiger partial charge in [-0.15, -0.1) is 0 Å². The van der Waals surface area contributed by atoms with Crippen LogP contribution in [0, 0.1) is 5.92 Å². The van der Waals surface area contributed by atoms with Gasteiger partial charge in [-0.2, -0.15) is 13.2 Å². The summed E-state index contributed by atoms with van der Waals surface area (Å²) in [4.78, 5) is 26.1. The number of nitrogens with zero attached hydrogens (tertiary/aromatic N) is 1. The second-order valence-corrected chi connectivity index (χ2v) is 6.68. The van der Waals surface area contributed by atoms with E-state index >= 15 is 0 Å². The number of para-hydroxylation sites is 1. The van der Waals surface area contributed by atoms with E-state index < -0.39 is 17.7 Å². The summed E-state index contributed by atoms with van der Waals surface area (Å²) in [6, 6.07) is 11.5. The van der Waals surface area contributed by atoms with Gasteiger partial charge in [-0.05, 0) is 29.8 Å². The maximum absolute atomic E-state index is 12.6. The standard InChI is InChI=1S/C19H16ClF3N2O2/c20-15-3-1-2-4-16(15)25-11-13(9-17(25)26)18(27)24-10-12-5-7-14(8-6-12)19(21,22)23/h1-8,13H,9-11H2,(H,24,27)/t13-/m1/s1. The van der Waals surface area contributed by atoms with E-state index in [1.54, 1.807) is 24.3 Å². The number of amides is 2. The molecule has 3 rings (SSSR count). The number of carbonyl (C=O) groups is 2. The highest BCUT2D eigenvalue weighted by molar-refractivity contribution is 6.33. The number of alkyl halides is 3. The van der Waals surface area contributed by atoms with Crippen molar-refractivity contribution < 1.29 is 22.8 Å². The molecule has 1 aliphatic heterocycles. The minimum absolute atomic E-state index is 0.0596. The van der Waals surface area contributed by atoms with Crippen LogP contribution >= 0.6 is 11.6 Å². The van der Waals surface area contributed by atoms with Gasteiger partial charge in [0.1, 0.15) is 0 Å². The lowest BCUT2D eigenvalue weighted by Gasteiger charge is -2.18. The van der Waals surface area contributed by atoms with Gasteiger partial charge in [-0.3, -0.25) is 9.59 Å². The molecule has 1 atom stereocenters. The van der Waals surface area contributed by atoms with E-state index in [1.807, 2.05) is 0 Å². The van der Waals surface area contributed by atoms with Crippen LogP contribution in [0.15, 0.2) is 48.5 Å². The molecule has 0 aromatic heterocycles. The smallest absolute Gasteiger partial charge is 0.352 e. The van der Waals surface area contributed by atoms with Gasteiger partial charge in [0.15, 0.2) is 0 Å². The Balaban J connectivity index is 1.59. The lowest BCUT2D eigenvalue weighted by Crippen LogP contribution is -2.32. The van der Waals surface area contributed by atoms with E-state index in [-0.39, 0.29) is 31.3 Å². The molecule has 1 fully saturated rings. The summed E-state index contributed by atoms with van der Waals surface area (Å²) in [5.74, 6) is -1.06. The molecule has 8 heteroatoms. The maximum Gasteiger partial charge on any atom is 0.416 e. The quantitative estimate of drug-likeness (QED) is 0.848. The summed E-state index contributed by atoms with van der Waals surface area (Å²) in [5.41, 5.74) is 0.361. The fourth-order valence-electron chi connectivity index (χ4n) is 2.93. The molecule has 4 nitrogen and oxygen atoms in total. The first-order chi connectivity index (χ1) is 12.8. The van der Waals surface area contributed by atoms with Crippen molar-refractivity contribution in [2.45, 2.75) is 19.1 Å². The largest absolute Gasteiger partial charge is 0.416 e. The summed E-state index contributed by atoms with van der Waals surface area (Å²) in [6.07, 6.45) is -4.34. The Morgan fingerprint density at radius 3 is 2.44 bits per heavy atom. The number of benzene rings is 2. The molecule has 0 unspecified atom stereocenters. The van der Waals surface area contributed by atoms with Gasteiger partial charge in [-0.25, -0.2) is 0 Å². The van der Waals surface area contributed by atoms with Crippen molar-refractivity contribution in [1.82, 2.24) is 5.32 Å². The summed E-state index contributed by atoms with van der Waals surface area (Å²) >= 11 is 6.11. The SMILES string of the molecule is O=C(NCc1ccc(C(F)(F)F)cc1)[C@@H]1CC(=O)N(c2ccccc2Cl)C1. The summed E-state index contributed by atoms with van der Waals surface area (Å²) in [5, 5.41) is 3.10. The molecule has 1 heterocycles. The third-order valence-electron chi connectivity index (χ3n) is 4.39. The second-order valence-electron chi connectivity index (χ2n) is 6.27. The normalized spacial score (nSPS) is 17.3. The molecule has 0 radical (unpaired) electrons. The van der Waals surface area contributed by atoms with Crippen LogP contribution in [-0.4, -0.2) is 18.4 Å². The summed E-state index contributed by atoms with van der Waals surface area (Å²) in [6.45, 7) is 0.301. The molecule has 0 spiro atoms. The van der Waals surface area contributed by atoms with E-state index in [4.69, 9.17) is 11.6 Å². The Bertz CT molecular complexity index is 853. The van der Waals surface area contributed by atoms with E-state index in [0.29, 0.717) is 16.3 Å². The third-order valence-corrected chi connectivity index (χ3v) is 4.71. The molecule has 27 heavy (non-hydrogen) atoms. The first kappa shape index (κ1) is 19.2. The summed E-state index contributed by atoms with van der Waals surface area (Å²) < 4.78 is 37.7. The van der Waals surface area contributed by atoms with Gasteiger partial charge in [0.2, 0.25) is 11.8 Å². The Labute approximate surface area is 158 Å². The average molecular weight is 397 g/mol. The zero-order valence-corrected chi connectivity index (χ0v) is 14.8. The van der Waals surface area contributed by atoms with Crippen molar-refractivity contribution in [2.75, 3.05) is 11.4 Å². The van der Waals surface area contributed by atoms with Crippen molar-refractivity contribution >= 4 is 29.1 Å². The zero-order valence-electron chi connectivity index (χ0n) is 14.1. The van der Waals surface area contributed by atoms with Crippen LogP contribution in [0.4, 0.5) is 18.9 Å². The van der Waals surface area contributed by atoms with Crippen LogP contribution < -0.4 is 10.2 Å². The molecule has 142 valence electrons. The van der Waals surface area contributed by atoms with Crippen molar-refractivity contribution in [3.8, 4) is 0 Å². The monoisotopic (exact) mass is 396 g/mol. The van der Waals surface area contributed by atoms with Gasteiger partial charge in [-0.1, -0.05) is 35.9 Å². The molecule has 0 aliphatic carbocycles. The maximum atomic E-state index is 12.6. The topological polar surface area (TPSA) is 49.4 Å². The minimum atomic E-state index is -4.39. The predicted octanol–water partition coefficient (Wildman–Crippen LogP) is 4.03. The van der Waals surface area contributed by atoms with E-state index in [2.05, 4.69) is 5.32 Å². The third kappa shape index (κ3) is 4.42. The molecule has 1 N–H and O–H groups in total. The number of hydrogen-bond acceptors (Lipinski definition) is 2. The van der Waals surface area contributed by atoms with Gasteiger partial charge in [0, 0.05) is 19.5 Å². The fraction of sp³-hybridized carbons (Fsp3) is 0.263. The number of nitrogens with one attached hydrogen (secondary N) is 1. The Hall–Kier alpha value is -2.54. The fourth-order valence-corrected chi connectivity index (χ4v) is 3.17. The molecule has 0 bridgehead atoms. The first-order valence-electron chi connectivity index (χ1n) is 8.24. The number of anilines is 1. The first-order valence-corrected chi connectivity index (χ1v) is 8.62. The lowest BCUT2D eigenvalue weighted by molar-refractivity contribution is -0.137. The van der Waals surface area contributed by atoms with Crippen LogP contribution in [0.25, 0.3) is 0 Å². The average Bonchev–Trinajstić information content (AvgIpc) is 3.01. The number of carbonyl (C=O) groups excluding carboxylic acids is 2. The van der Waals surface area contributed by atoms with Crippen LogP contribution in [0.1, 0.15) is 17.5 Å². The molecular formula is C19H16ClF3N2O2. The lowest BCUT2D eigenvalue weighted by atomic mass is 10.1. The van der Waals surface area contributed by atoms with Gasteiger partial charge >= 0.3 is 6.18 Å². The highest BCUT2D eigenvalue weighted by atomic mass is 35.5. The van der Waals surface area contributed by atoms with Gasteiger partial charge in [0.05, 0.1) is 22.2 Å². The summed E-state index contributed by atoms with van der Waals surface area (Å²) in [7, 11) is 0. The van der Waals surface area contributed by atoms with Crippen LogP contribution in [0.5, 0.6) is 0 Å². The number of halogens is 4. The molecule has 1 aliphatic rings. The molecule has 0 saturated carbocycles. The number of hydrogen-bond donors (Lipinski definition) is 1. The van der Waals surface area contributed by atoms with E-state index in [9.17, 15) is 22.8 Å².